The minimum atomic E-state index is 0.0872. The third-order valence-corrected chi connectivity index (χ3v) is 3.75. The van der Waals surface area contributed by atoms with E-state index in [1.54, 1.807) is 11.3 Å². The van der Waals surface area contributed by atoms with Crippen LogP contribution in [0.1, 0.15) is 11.1 Å². The molecule has 0 amide bonds. The molecule has 1 heterocycles. The van der Waals surface area contributed by atoms with Crippen LogP contribution in [0.2, 0.25) is 0 Å². The molecule has 4 heteroatoms. The Bertz CT molecular complexity index is 466. The molecule has 2 nitrogen and oxygen atoms in total. The average molecular weight is 272 g/mol. The topological polar surface area (TPSA) is 46.2 Å². The number of aliphatic hydroxyl groups is 1. The number of halogens is 1. The minimum absolute atomic E-state index is 0.0872. The van der Waals surface area contributed by atoms with Gasteiger partial charge in [-0.2, -0.15) is 0 Å². The molecule has 0 unspecified atom stereocenters. The second-order valence-corrected chi connectivity index (χ2v) is 4.58. The number of anilines is 1. The lowest BCUT2D eigenvalue weighted by Gasteiger charge is -2.03. The fourth-order valence-electron chi connectivity index (χ4n) is 1.57. The minimum Gasteiger partial charge on any atom is -0.399 e. The standard InChI is InChI=1S/C10H10BrNOS/c11-3-6-1-8(12)2-9-10(6)7(4-13)5-14-9/h1-2,5,13H,3-4,12H2. The lowest BCUT2D eigenvalue weighted by Crippen LogP contribution is -1.89. The molecule has 0 saturated heterocycles. The molecule has 14 heavy (non-hydrogen) atoms. The number of nitrogen functional groups attached to an aromatic ring is 1. The average Bonchev–Trinajstić information content (AvgIpc) is 2.59. The first-order valence-electron chi connectivity index (χ1n) is 4.21. The summed E-state index contributed by atoms with van der Waals surface area (Å²) in [5.74, 6) is 0. The number of thiophene rings is 1. The number of nitrogens with two attached hydrogens (primary N) is 1. The molecule has 0 radical (unpaired) electrons. The summed E-state index contributed by atoms with van der Waals surface area (Å²) in [5.41, 5.74) is 8.68. The molecule has 0 bridgehead atoms. The summed E-state index contributed by atoms with van der Waals surface area (Å²) in [6, 6.07) is 3.90. The van der Waals surface area contributed by atoms with Crippen LogP contribution in [0, 0.1) is 0 Å². The number of alkyl halides is 1. The lowest BCUT2D eigenvalue weighted by molar-refractivity contribution is 0.283. The molecule has 1 aromatic heterocycles. The number of hydrogen-bond donors (Lipinski definition) is 2. The van der Waals surface area contributed by atoms with Crippen LogP contribution in [-0.4, -0.2) is 5.11 Å². The predicted molar refractivity (Wildman–Crippen MR) is 64.8 cm³/mol. The Hall–Kier alpha value is -0.580. The number of benzene rings is 1. The molecule has 0 aliphatic carbocycles. The van der Waals surface area contributed by atoms with Crippen LogP contribution in [0.25, 0.3) is 10.1 Å². The van der Waals surface area contributed by atoms with E-state index in [2.05, 4.69) is 15.9 Å². The zero-order valence-corrected chi connectivity index (χ0v) is 9.86. The van der Waals surface area contributed by atoms with E-state index >= 15 is 0 Å². The van der Waals surface area contributed by atoms with E-state index in [1.165, 1.54) is 0 Å². The molecule has 0 spiro atoms. The number of hydrogen-bond acceptors (Lipinski definition) is 3. The fourth-order valence-corrected chi connectivity index (χ4v) is 3.06. The van der Waals surface area contributed by atoms with Gasteiger partial charge in [-0.05, 0) is 28.6 Å². The summed E-state index contributed by atoms with van der Waals surface area (Å²) in [6.07, 6.45) is 0. The Morgan fingerprint density at radius 2 is 2.14 bits per heavy atom. The number of aliphatic hydroxyl groups excluding tert-OH is 1. The molecule has 74 valence electrons. The molecule has 0 aliphatic rings. The van der Waals surface area contributed by atoms with Crippen molar-refractivity contribution in [2.45, 2.75) is 11.9 Å². The van der Waals surface area contributed by atoms with E-state index < -0.39 is 0 Å². The Kier molecular flexibility index (Phi) is 2.76. The molecular weight excluding hydrogens is 262 g/mol. The maximum absolute atomic E-state index is 9.17. The van der Waals surface area contributed by atoms with Crippen molar-refractivity contribution >= 4 is 43.0 Å². The van der Waals surface area contributed by atoms with E-state index in [0.29, 0.717) is 0 Å². The first-order chi connectivity index (χ1) is 6.76. The van der Waals surface area contributed by atoms with Gasteiger partial charge < -0.3 is 10.8 Å². The van der Waals surface area contributed by atoms with Gasteiger partial charge in [-0.15, -0.1) is 11.3 Å². The Morgan fingerprint density at radius 1 is 1.36 bits per heavy atom. The largest absolute Gasteiger partial charge is 0.399 e. The second-order valence-electron chi connectivity index (χ2n) is 3.11. The van der Waals surface area contributed by atoms with Crippen LogP contribution in [0.15, 0.2) is 17.5 Å². The summed E-state index contributed by atoms with van der Waals surface area (Å²) in [5, 5.41) is 13.1. The van der Waals surface area contributed by atoms with Crippen LogP contribution < -0.4 is 5.73 Å². The Labute approximate surface area is 94.5 Å². The van der Waals surface area contributed by atoms with Crippen molar-refractivity contribution in [1.82, 2.24) is 0 Å². The van der Waals surface area contributed by atoms with Crippen LogP contribution in [0.5, 0.6) is 0 Å². The zero-order valence-electron chi connectivity index (χ0n) is 7.46. The summed E-state index contributed by atoms with van der Waals surface area (Å²) >= 11 is 5.05. The Balaban J connectivity index is 2.78. The van der Waals surface area contributed by atoms with Crippen molar-refractivity contribution < 1.29 is 5.11 Å². The van der Waals surface area contributed by atoms with Crippen LogP contribution in [0.3, 0.4) is 0 Å². The van der Waals surface area contributed by atoms with Gasteiger partial charge in [-0.25, -0.2) is 0 Å². The van der Waals surface area contributed by atoms with Crippen LogP contribution >= 0.6 is 27.3 Å². The predicted octanol–water partition coefficient (Wildman–Crippen LogP) is 2.87. The van der Waals surface area contributed by atoms with E-state index in [1.807, 2.05) is 17.5 Å². The van der Waals surface area contributed by atoms with Gasteiger partial charge in [0.15, 0.2) is 0 Å². The van der Waals surface area contributed by atoms with Crippen molar-refractivity contribution in [3.63, 3.8) is 0 Å². The molecule has 2 aromatic rings. The van der Waals surface area contributed by atoms with Gasteiger partial charge in [-0.3, -0.25) is 0 Å². The van der Waals surface area contributed by atoms with Crippen LogP contribution in [-0.2, 0) is 11.9 Å². The van der Waals surface area contributed by atoms with E-state index in [0.717, 1.165) is 32.2 Å². The van der Waals surface area contributed by atoms with E-state index in [-0.39, 0.29) is 6.61 Å². The lowest BCUT2D eigenvalue weighted by atomic mass is 10.1. The number of fused-ring (bicyclic) bond motifs is 1. The first kappa shape index (κ1) is 9.96. The maximum Gasteiger partial charge on any atom is 0.0696 e. The highest BCUT2D eigenvalue weighted by Crippen LogP contribution is 2.32. The summed E-state index contributed by atoms with van der Waals surface area (Å²) in [6.45, 7) is 0.0872. The monoisotopic (exact) mass is 271 g/mol. The molecule has 0 saturated carbocycles. The summed E-state index contributed by atoms with van der Waals surface area (Å²) < 4.78 is 1.14. The smallest absolute Gasteiger partial charge is 0.0696 e. The van der Waals surface area contributed by atoms with Gasteiger partial charge in [0.25, 0.3) is 0 Å². The van der Waals surface area contributed by atoms with Crippen molar-refractivity contribution in [2.75, 3.05) is 5.73 Å². The van der Waals surface area contributed by atoms with Crippen molar-refractivity contribution in [3.05, 3.63) is 28.6 Å². The zero-order chi connectivity index (χ0) is 10.1. The molecule has 0 atom stereocenters. The van der Waals surface area contributed by atoms with Gasteiger partial charge >= 0.3 is 0 Å². The quantitative estimate of drug-likeness (QED) is 0.652. The first-order valence-corrected chi connectivity index (χ1v) is 6.21. The van der Waals surface area contributed by atoms with Crippen molar-refractivity contribution in [3.8, 4) is 0 Å². The summed E-state index contributed by atoms with van der Waals surface area (Å²) in [7, 11) is 0. The van der Waals surface area contributed by atoms with Gasteiger partial charge in [0.2, 0.25) is 0 Å². The molecule has 3 N–H and O–H groups in total. The fraction of sp³-hybridized carbons (Fsp3) is 0.200. The third-order valence-electron chi connectivity index (χ3n) is 2.17. The Morgan fingerprint density at radius 3 is 2.79 bits per heavy atom. The van der Waals surface area contributed by atoms with E-state index in [9.17, 15) is 5.11 Å². The SMILES string of the molecule is Nc1cc(CBr)c2c(CO)csc2c1. The van der Waals surface area contributed by atoms with Crippen LogP contribution in [0.4, 0.5) is 5.69 Å². The second kappa shape index (κ2) is 3.88. The third kappa shape index (κ3) is 1.54. The summed E-state index contributed by atoms with van der Waals surface area (Å²) in [4.78, 5) is 0. The molecule has 2 rings (SSSR count). The molecule has 1 aromatic carbocycles. The van der Waals surface area contributed by atoms with Gasteiger partial charge in [0.05, 0.1) is 6.61 Å². The van der Waals surface area contributed by atoms with Crippen molar-refractivity contribution in [1.29, 1.82) is 0 Å². The highest BCUT2D eigenvalue weighted by Gasteiger charge is 2.08. The number of rotatable bonds is 2. The van der Waals surface area contributed by atoms with Gasteiger partial charge in [0.1, 0.15) is 0 Å². The highest BCUT2D eigenvalue weighted by atomic mass is 79.9. The molecule has 0 fully saturated rings. The highest BCUT2D eigenvalue weighted by molar-refractivity contribution is 9.08. The van der Waals surface area contributed by atoms with Crippen molar-refractivity contribution in [2.24, 2.45) is 0 Å². The normalized spacial score (nSPS) is 11.0. The van der Waals surface area contributed by atoms with E-state index in [4.69, 9.17) is 5.73 Å². The van der Waals surface area contributed by atoms with Gasteiger partial charge in [0, 0.05) is 21.1 Å². The van der Waals surface area contributed by atoms with Gasteiger partial charge in [-0.1, -0.05) is 15.9 Å². The molecule has 0 aliphatic heterocycles. The molecular formula is C10H10BrNOS. The maximum atomic E-state index is 9.17.